The molecule has 0 spiro atoms. The molecule has 0 fully saturated rings. The Kier molecular flexibility index (Phi) is 5.58. The Morgan fingerprint density at radius 2 is 2.04 bits per heavy atom. The Morgan fingerprint density at radius 1 is 1.23 bits per heavy atom. The first-order valence-electron chi connectivity index (χ1n) is 7.85. The van der Waals surface area contributed by atoms with E-state index in [2.05, 4.69) is 15.3 Å². The summed E-state index contributed by atoms with van der Waals surface area (Å²) in [5.74, 6) is 1.03. The van der Waals surface area contributed by atoms with Gasteiger partial charge in [-0.1, -0.05) is 23.4 Å². The summed E-state index contributed by atoms with van der Waals surface area (Å²) < 4.78 is 10.5. The van der Waals surface area contributed by atoms with Crippen LogP contribution in [0, 0.1) is 0 Å². The predicted octanol–water partition coefficient (Wildman–Crippen LogP) is 4.35. The second-order valence-corrected chi connectivity index (χ2v) is 7.28. The minimum Gasteiger partial charge on any atom is -0.497 e. The summed E-state index contributed by atoms with van der Waals surface area (Å²) in [4.78, 5) is 20.2. The fourth-order valence-corrected chi connectivity index (χ4v) is 3.37. The van der Waals surface area contributed by atoms with Crippen LogP contribution in [0.25, 0.3) is 11.0 Å². The van der Waals surface area contributed by atoms with Crippen molar-refractivity contribution in [3.63, 3.8) is 0 Å². The van der Waals surface area contributed by atoms with Crippen LogP contribution in [0.4, 0.5) is 5.69 Å². The van der Waals surface area contributed by atoms with Crippen LogP contribution in [0.1, 0.15) is 6.92 Å². The third kappa shape index (κ3) is 4.05. The molecule has 0 bridgehead atoms. The number of aromatic amines is 1. The highest BCUT2D eigenvalue weighted by atomic mass is 35.5. The number of aromatic nitrogens is 2. The molecule has 0 aliphatic rings. The van der Waals surface area contributed by atoms with Gasteiger partial charge in [0.05, 0.1) is 36.2 Å². The van der Waals surface area contributed by atoms with Gasteiger partial charge in [0.15, 0.2) is 5.16 Å². The summed E-state index contributed by atoms with van der Waals surface area (Å²) >= 11 is 7.32. The van der Waals surface area contributed by atoms with Crippen molar-refractivity contribution in [1.29, 1.82) is 0 Å². The SMILES string of the molecule is COc1ccc(OC)c(NC(=O)C(C)Sc2nc3ccc(Cl)cc3[nH]2)c1. The van der Waals surface area contributed by atoms with Crippen LogP contribution in [0.3, 0.4) is 0 Å². The average molecular weight is 392 g/mol. The molecule has 0 aliphatic carbocycles. The normalized spacial score (nSPS) is 12.0. The van der Waals surface area contributed by atoms with Crippen molar-refractivity contribution in [1.82, 2.24) is 9.97 Å². The lowest BCUT2D eigenvalue weighted by molar-refractivity contribution is -0.115. The number of thioether (sulfide) groups is 1. The van der Waals surface area contributed by atoms with Gasteiger partial charge in [0.25, 0.3) is 0 Å². The minimum absolute atomic E-state index is 0.167. The maximum absolute atomic E-state index is 12.6. The molecule has 1 unspecified atom stereocenters. The first kappa shape index (κ1) is 18.4. The zero-order valence-corrected chi connectivity index (χ0v) is 16.1. The highest BCUT2D eigenvalue weighted by Gasteiger charge is 2.18. The minimum atomic E-state index is -0.373. The maximum atomic E-state index is 12.6. The molecule has 3 rings (SSSR count). The fraction of sp³-hybridized carbons (Fsp3) is 0.222. The number of benzene rings is 2. The van der Waals surface area contributed by atoms with Crippen LogP contribution in [0.2, 0.25) is 5.02 Å². The van der Waals surface area contributed by atoms with Gasteiger partial charge >= 0.3 is 0 Å². The van der Waals surface area contributed by atoms with Gasteiger partial charge in [-0.05, 0) is 37.3 Å². The number of carbonyl (C=O) groups excluding carboxylic acids is 1. The molecular formula is C18H18ClN3O3S. The molecule has 0 radical (unpaired) electrons. The summed E-state index contributed by atoms with van der Waals surface area (Å²) in [5, 5.41) is 3.79. The molecular weight excluding hydrogens is 374 g/mol. The van der Waals surface area contributed by atoms with Gasteiger partial charge in [-0.25, -0.2) is 4.98 Å². The topological polar surface area (TPSA) is 76.2 Å². The van der Waals surface area contributed by atoms with Crippen molar-refractivity contribution >= 4 is 46.0 Å². The van der Waals surface area contributed by atoms with E-state index in [-0.39, 0.29) is 11.2 Å². The molecule has 0 saturated carbocycles. The third-order valence-electron chi connectivity index (χ3n) is 3.74. The zero-order valence-electron chi connectivity index (χ0n) is 14.5. The van der Waals surface area contributed by atoms with E-state index >= 15 is 0 Å². The van der Waals surface area contributed by atoms with E-state index in [4.69, 9.17) is 21.1 Å². The first-order valence-corrected chi connectivity index (χ1v) is 9.10. The number of nitrogens with zero attached hydrogens (tertiary/aromatic N) is 1. The van der Waals surface area contributed by atoms with Gasteiger partial charge in [0.2, 0.25) is 5.91 Å². The third-order valence-corrected chi connectivity index (χ3v) is 4.96. The lowest BCUT2D eigenvalue weighted by Crippen LogP contribution is -2.22. The van der Waals surface area contributed by atoms with Gasteiger partial charge in [0, 0.05) is 11.1 Å². The highest BCUT2D eigenvalue weighted by molar-refractivity contribution is 8.00. The number of hydrogen-bond donors (Lipinski definition) is 2. The predicted molar refractivity (Wildman–Crippen MR) is 105 cm³/mol. The lowest BCUT2D eigenvalue weighted by Gasteiger charge is -2.14. The van der Waals surface area contributed by atoms with Gasteiger partial charge in [-0.15, -0.1) is 0 Å². The summed E-state index contributed by atoms with van der Waals surface area (Å²) in [5.41, 5.74) is 2.20. The van der Waals surface area contributed by atoms with E-state index in [0.29, 0.717) is 27.4 Å². The Balaban J connectivity index is 1.73. The molecule has 6 nitrogen and oxygen atoms in total. The Bertz CT molecular complexity index is 945. The maximum Gasteiger partial charge on any atom is 0.237 e. The van der Waals surface area contributed by atoms with E-state index in [0.717, 1.165) is 11.0 Å². The molecule has 136 valence electrons. The molecule has 1 aromatic heterocycles. The van der Waals surface area contributed by atoms with Crippen LogP contribution < -0.4 is 14.8 Å². The first-order chi connectivity index (χ1) is 12.5. The number of methoxy groups -OCH3 is 2. The number of anilines is 1. The van der Waals surface area contributed by atoms with E-state index < -0.39 is 0 Å². The van der Waals surface area contributed by atoms with Crippen molar-refractivity contribution in [2.24, 2.45) is 0 Å². The second kappa shape index (κ2) is 7.88. The largest absolute Gasteiger partial charge is 0.497 e. The molecule has 2 aromatic carbocycles. The van der Waals surface area contributed by atoms with Crippen LogP contribution in [0.5, 0.6) is 11.5 Å². The molecule has 3 aromatic rings. The number of halogens is 1. The van der Waals surface area contributed by atoms with E-state index in [9.17, 15) is 4.79 Å². The summed E-state index contributed by atoms with van der Waals surface area (Å²) in [6.45, 7) is 1.81. The molecule has 0 saturated heterocycles. The van der Waals surface area contributed by atoms with Crippen molar-refractivity contribution < 1.29 is 14.3 Å². The highest BCUT2D eigenvalue weighted by Crippen LogP contribution is 2.30. The Morgan fingerprint density at radius 3 is 2.77 bits per heavy atom. The monoisotopic (exact) mass is 391 g/mol. The van der Waals surface area contributed by atoms with Crippen LogP contribution in [-0.2, 0) is 4.79 Å². The van der Waals surface area contributed by atoms with Crippen molar-refractivity contribution in [3.8, 4) is 11.5 Å². The average Bonchev–Trinajstić information content (AvgIpc) is 3.02. The van der Waals surface area contributed by atoms with Gasteiger partial charge in [0.1, 0.15) is 11.5 Å². The Hall–Kier alpha value is -2.38. The van der Waals surface area contributed by atoms with E-state index in [1.165, 1.54) is 11.8 Å². The number of imidazole rings is 1. The summed E-state index contributed by atoms with van der Waals surface area (Å²) in [7, 11) is 3.12. The molecule has 0 aliphatic heterocycles. The molecule has 1 atom stereocenters. The number of rotatable bonds is 6. The van der Waals surface area contributed by atoms with Gasteiger partial charge < -0.3 is 19.8 Å². The molecule has 1 amide bonds. The molecule has 26 heavy (non-hydrogen) atoms. The van der Waals surface area contributed by atoms with Crippen LogP contribution in [-0.4, -0.2) is 35.3 Å². The fourth-order valence-electron chi connectivity index (χ4n) is 2.38. The van der Waals surface area contributed by atoms with Gasteiger partial charge in [-0.3, -0.25) is 4.79 Å². The molecule has 2 N–H and O–H groups in total. The quantitative estimate of drug-likeness (QED) is 0.611. The number of amides is 1. The summed E-state index contributed by atoms with van der Waals surface area (Å²) in [6, 6.07) is 10.7. The number of nitrogens with one attached hydrogen (secondary N) is 2. The number of H-pyrrole nitrogens is 1. The van der Waals surface area contributed by atoms with Gasteiger partial charge in [-0.2, -0.15) is 0 Å². The van der Waals surface area contributed by atoms with Crippen molar-refractivity contribution in [2.45, 2.75) is 17.3 Å². The second-order valence-electron chi connectivity index (χ2n) is 5.52. The molecule has 1 heterocycles. The number of carbonyl (C=O) groups is 1. The zero-order chi connectivity index (χ0) is 18.7. The Labute approximate surface area is 160 Å². The number of fused-ring (bicyclic) bond motifs is 1. The number of ether oxygens (including phenoxy) is 2. The van der Waals surface area contributed by atoms with Crippen molar-refractivity contribution in [3.05, 3.63) is 41.4 Å². The van der Waals surface area contributed by atoms with Crippen LogP contribution >= 0.6 is 23.4 Å². The van der Waals surface area contributed by atoms with E-state index in [1.807, 2.05) is 13.0 Å². The standard InChI is InChI=1S/C18H18ClN3O3S/c1-10(26-18-21-13-6-4-11(19)8-14(13)22-18)17(23)20-15-9-12(24-2)5-7-16(15)25-3/h4-10H,1-3H3,(H,20,23)(H,21,22). The van der Waals surface area contributed by atoms with Crippen LogP contribution in [0.15, 0.2) is 41.6 Å². The molecule has 8 heteroatoms. The summed E-state index contributed by atoms with van der Waals surface area (Å²) in [6.07, 6.45) is 0. The van der Waals surface area contributed by atoms with Crippen molar-refractivity contribution in [2.75, 3.05) is 19.5 Å². The smallest absolute Gasteiger partial charge is 0.237 e. The lowest BCUT2D eigenvalue weighted by atomic mass is 10.2. The number of hydrogen-bond acceptors (Lipinski definition) is 5. The van der Waals surface area contributed by atoms with E-state index in [1.54, 1.807) is 44.6 Å².